The lowest BCUT2D eigenvalue weighted by molar-refractivity contribution is -0.137. The van der Waals surface area contributed by atoms with E-state index in [0.29, 0.717) is 12.4 Å². The van der Waals surface area contributed by atoms with Crippen molar-refractivity contribution in [1.82, 2.24) is 0 Å². The summed E-state index contributed by atoms with van der Waals surface area (Å²) in [5.74, 6) is 0.680. The average Bonchev–Trinajstić information content (AvgIpc) is 2.62. The molecule has 0 radical (unpaired) electrons. The highest BCUT2D eigenvalue weighted by Gasteiger charge is 2.35. The van der Waals surface area contributed by atoms with Crippen molar-refractivity contribution in [1.29, 1.82) is 0 Å². The van der Waals surface area contributed by atoms with Crippen LogP contribution in [-0.4, -0.2) is 28.2 Å². The van der Waals surface area contributed by atoms with Crippen LogP contribution in [0.2, 0.25) is 5.02 Å². The van der Waals surface area contributed by atoms with Crippen molar-refractivity contribution in [2.24, 2.45) is 0 Å². The molecule has 0 unspecified atom stereocenters. The first-order valence-electron chi connectivity index (χ1n) is 7.93. The molecule has 5 nitrogen and oxygen atoms in total. The Kier molecular flexibility index (Phi) is 5.18. The second-order valence-corrected chi connectivity index (χ2v) is 7.91. The number of hydrogen-bond donors (Lipinski definition) is 0. The number of hydrogen-bond acceptors (Lipinski definition) is 4. The van der Waals surface area contributed by atoms with E-state index >= 15 is 0 Å². The predicted molar refractivity (Wildman–Crippen MR) is 94.1 cm³/mol. The number of benzene rings is 2. The highest BCUT2D eigenvalue weighted by Crippen LogP contribution is 2.39. The summed E-state index contributed by atoms with van der Waals surface area (Å²) in [7, 11) is -4.13. The molecule has 0 saturated carbocycles. The molecule has 1 aliphatic heterocycles. The van der Waals surface area contributed by atoms with Gasteiger partial charge in [0.05, 0.1) is 21.2 Å². The minimum Gasteiger partial charge on any atom is -0.486 e. The summed E-state index contributed by atoms with van der Waals surface area (Å²) in [6.07, 6.45) is -4.70. The fraction of sp³-hybridized carbons (Fsp3) is 0.294. The van der Waals surface area contributed by atoms with E-state index < -0.39 is 26.8 Å². The molecule has 2 aromatic carbocycles. The van der Waals surface area contributed by atoms with Crippen LogP contribution in [0.3, 0.4) is 0 Å². The number of alkyl halides is 3. The van der Waals surface area contributed by atoms with E-state index in [2.05, 4.69) is 0 Å². The van der Waals surface area contributed by atoms with Crippen LogP contribution < -0.4 is 13.8 Å². The molecule has 0 amide bonds. The molecule has 0 fully saturated rings. The number of halogens is 4. The first-order valence-corrected chi connectivity index (χ1v) is 9.75. The maximum absolute atomic E-state index is 13.1. The Balaban J connectivity index is 2.05. The van der Waals surface area contributed by atoms with Crippen LogP contribution in [0.15, 0.2) is 41.3 Å². The zero-order chi connectivity index (χ0) is 19.8. The monoisotopic (exact) mass is 421 g/mol. The van der Waals surface area contributed by atoms with Gasteiger partial charge in [0.1, 0.15) is 13.2 Å². The number of anilines is 1. The Morgan fingerprint density at radius 2 is 1.74 bits per heavy atom. The molecule has 0 aliphatic carbocycles. The first-order chi connectivity index (χ1) is 12.6. The third-order valence-corrected chi connectivity index (χ3v) is 6.16. The van der Waals surface area contributed by atoms with E-state index in [0.717, 1.165) is 16.4 Å². The van der Waals surface area contributed by atoms with Gasteiger partial charge in [0.15, 0.2) is 11.5 Å². The summed E-state index contributed by atoms with van der Waals surface area (Å²) in [5, 5.41) is -0.501. The molecule has 2 aromatic rings. The van der Waals surface area contributed by atoms with Crippen LogP contribution in [-0.2, 0) is 16.2 Å². The molecular formula is C17H15ClF3NO4S. The number of nitrogens with zero attached hydrogens (tertiary/aromatic N) is 1. The Labute approximate surface area is 159 Å². The van der Waals surface area contributed by atoms with Crippen molar-refractivity contribution in [3.63, 3.8) is 0 Å². The molecule has 0 atom stereocenters. The molecule has 0 aromatic heterocycles. The molecule has 0 N–H and O–H groups in total. The SMILES string of the molecule is CCN(c1ccc(Cl)c(C(F)(F)F)c1)S(=O)(=O)c1ccc2c(c1)OCCO2. The third kappa shape index (κ3) is 3.79. The van der Waals surface area contributed by atoms with Gasteiger partial charge in [0.25, 0.3) is 10.0 Å². The van der Waals surface area contributed by atoms with Gasteiger partial charge in [-0.1, -0.05) is 11.6 Å². The Bertz CT molecular complexity index is 963. The lowest BCUT2D eigenvalue weighted by Gasteiger charge is -2.25. The van der Waals surface area contributed by atoms with Gasteiger partial charge in [-0.05, 0) is 37.3 Å². The smallest absolute Gasteiger partial charge is 0.417 e. The number of rotatable bonds is 4. The third-order valence-electron chi connectivity index (χ3n) is 3.93. The van der Waals surface area contributed by atoms with Crippen molar-refractivity contribution >= 4 is 27.3 Å². The van der Waals surface area contributed by atoms with Gasteiger partial charge in [-0.2, -0.15) is 13.2 Å². The molecule has 146 valence electrons. The molecule has 0 saturated heterocycles. The zero-order valence-corrected chi connectivity index (χ0v) is 15.7. The maximum atomic E-state index is 13.1. The maximum Gasteiger partial charge on any atom is 0.417 e. The average molecular weight is 422 g/mol. The molecule has 3 rings (SSSR count). The van der Waals surface area contributed by atoms with Gasteiger partial charge >= 0.3 is 6.18 Å². The second kappa shape index (κ2) is 7.12. The number of ether oxygens (including phenoxy) is 2. The van der Waals surface area contributed by atoms with Crippen LogP contribution in [0.4, 0.5) is 18.9 Å². The Morgan fingerprint density at radius 1 is 1.07 bits per heavy atom. The lowest BCUT2D eigenvalue weighted by atomic mass is 10.2. The quantitative estimate of drug-likeness (QED) is 0.736. The van der Waals surface area contributed by atoms with E-state index in [1.54, 1.807) is 0 Å². The lowest BCUT2D eigenvalue weighted by Crippen LogP contribution is -2.31. The van der Waals surface area contributed by atoms with Gasteiger partial charge in [-0.15, -0.1) is 0 Å². The van der Waals surface area contributed by atoms with Crippen molar-refractivity contribution < 1.29 is 31.1 Å². The number of fused-ring (bicyclic) bond motifs is 1. The van der Waals surface area contributed by atoms with Crippen molar-refractivity contribution in [2.45, 2.75) is 18.0 Å². The Morgan fingerprint density at radius 3 is 2.37 bits per heavy atom. The van der Waals surface area contributed by atoms with Gasteiger partial charge < -0.3 is 9.47 Å². The number of sulfonamides is 1. The topological polar surface area (TPSA) is 55.8 Å². The fourth-order valence-electron chi connectivity index (χ4n) is 2.69. The summed E-state index contributed by atoms with van der Waals surface area (Å²) >= 11 is 5.62. The molecule has 1 aliphatic rings. The summed E-state index contributed by atoms with van der Waals surface area (Å²) in [6, 6.07) is 7.07. The van der Waals surface area contributed by atoms with Crippen molar-refractivity contribution in [2.75, 3.05) is 24.1 Å². The first kappa shape index (κ1) is 19.6. The van der Waals surface area contributed by atoms with Gasteiger partial charge in [0.2, 0.25) is 0 Å². The predicted octanol–water partition coefficient (Wildman–Crippen LogP) is 4.35. The van der Waals surface area contributed by atoms with Crippen LogP contribution in [0.5, 0.6) is 11.5 Å². The molecule has 0 spiro atoms. The zero-order valence-electron chi connectivity index (χ0n) is 14.1. The van der Waals surface area contributed by atoms with Crippen LogP contribution in [0.25, 0.3) is 0 Å². The highest BCUT2D eigenvalue weighted by atomic mass is 35.5. The molecule has 1 heterocycles. The van der Waals surface area contributed by atoms with Crippen LogP contribution in [0, 0.1) is 0 Å². The van der Waals surface area contributed by atoms with E-state index in [1.165, 1.54) is 31.2 Å². The fourth-order valence-corrected chi connectivity index (χ4v) is 4.39. The van der Waals surface area contributed by atoms with E-state index in [1.807, 2.05) is 0 Å². The van der Waals surface area contributed by atoms with Crippen molar-refractivity contribution in [3.05, 3.63) is 47.0 Å². The summed E-state index contributed by atoms with van der Waals surface area (Å²) in [6.45, 7) is 2.08. The normalized spacial score (nSPS) is 14.1. The van der Waals surface area contributed by atoms with E-state index in [-0.39, 0.29) is 29.5 Å². The van der Waals surface area contributed by atoms with E-state index in [4.69, 9.17) is 21.1 Å². The van der Waals surface area contributed by atoms with Crippen molar-refractivity contribution in [3.8, 4) is 11.5 Å². The Hall–Kier alpha value is -2.13. The van der Waals surface area contributed by atoms with E-state index in [9.17, 15) is 21.6 Å². The standard InChI is InChI=1S/C17H15ClF3NO4S/c1-2-22(11-3-5-14(18)13(9-11)17(19,20)21)27(23,24)12-4-6-15-16(10-12)26-8-7-25-15/h3-6,9-10H,2,7-8H2,1H3. The van der Waals surface area contributed by atoms with Crippen LogP contribution in [0.1, 0.15) is 12.5 Å². The molecular weight excluding hydrogens is 407 g/mol. The summed E-state index contributed by atoms with van der Waals surface area (Å²) in [4.78, 5) is -0.114. The van der Waals surface area contributed by atoms with Gasteiger partial charge in [-0.25, -0.2) is 8.42 Å². The van der Waals surface area contributed by atoms with Crippen LogP contribution >= 0.6 is 11.6 Å². The second-order valence-electron chi connectivity index (χ2n) is 5.64. The molecule has 0 bridgehead atoms. The minimum absolute atomic E-state index is 0.0737. The van der Waals surface area contributed by atoms with Gasteiger partial charge in [0, 0.05) is 12.6 Å². The summed E-state index contributed by atoms with van der Waals surface area (Å²) in [5.41, 5.74) is -1.23. The van der Waals surface area contributed by atoms with Gasteiger partial charge in [-0.3, -0.25) is 4.31 Å². The minimum atomic E-state index is -4.70. The molecule has 27 heavy (non-hydrogen) atoms. The molecule has 10 heteroatoms. The largest absolute Gasteiger partial charge is 0.486 e. The highest BCUT2D eigenvalue weighted by molar-refractivity contribution is 7.92. The summed E-state index contributed by atoms with van der Waals surface area (Å²) < 4.78 is 77.0.